The van der Waals surface area contributed by atoms with Crippen LogP contribution in [-0.4, -0.2) is 36.8 Å². The van der Waals surface area contributed by atoms with Gasteiger partial charge in [-0.05, 0) is 70.0 Å². The van der Waals surface area contributed by atoms with Crippen LogP contribution in [-0.2, 0) is 18.1 Å². The topological polar surface area (TPSA) is 44.8 Å². The molecule has 2 aliphatic rings. The molecule has 1 radical (unpaired) electrons. The van der Waals surface area contributed by atoms with Crippen LogP contribution in [0.1, 0.15) is 105 Å². The van der Waals surface area contributed by atoms with Gasteiger partial charge in [0.05, 0.1) is 0 Å². The predicted molar refractivity (Wildman–Crippen MR) is 124 cm³/mol. The Kier molecular flexibility index (Phi) is 10.4. The molecule has 0 aromatic heterocycles. The molecule has 169 valence electrons. The highest BCUT2D eigenvalue weighted by molar-refractivity contribution is 6.78. The first-order valence-electron chi connectivity index (χ1n) is 12.3. The fourth-order valence-electron chi connectivity index (χ4n) is 5.52. The highest BCUT2D eigenvalue weighted by Crippen LogP contribution is 2.54. The van der Waals surface area contributed by atoms with Crippen LogP contribution in [0, 0.1) is 0 Å². The lowest BCUT2D eigenvalue weighted by Gasteiger charge is -2.43. The highest BCUT2D eigenvalue weighted by Gasteiger charge is 2.56. The molecule has 0 aromatic rings. The predicted octanol–water partition coefficient (Wildman–Crippen LogP) is 6.90. The van der Waals surface area contributed by atoms with E-state index in [4.69, 9.17) is 13.3 Å². The van der Waals surface area contributed by atoms with Gasteiger partial charge >= 0.3 is 9.28 Å². The van der Waals surface area contributed by atoms with Gasteiger partial charge in [-0.3, -0.25) is 4.79 Å². The number of unbranched alkanes of at least 4 members (excludes halogenated alkanes) is 1. The van der Waals surface area contributed by atoms with Crippen molar-refractivity contribution >= 4 is 23.6 Å². The fraction of sp³-hybridized carbons (Fsp3) is 0.957. The summed E-state index contributed by atoms with van der Waals surface area (Å²) in [7, 11) is -3.90. The number of rotatable bonds is 13. The second-order valence-electron chi connectivity index (χ2n) is 9.25. The van der Waals surface area contributed by atoms with Crippen molar-refractivity contribution in [2.75, 3.05) is 13.2 Å². The lowest BCUT2D eigenvalue weighted by molar-refractivity contribution is -0.140. The lowest BCUT2D eigenvalue weighted by atomic mass is 10.1. The van der Waals surface area contributed by atoms with Crippen LogP contribution in [0.5, 0.6) is 0 Å². The van der Waals surface area contributed by atoms with Gasteiger partial charge in [0.1, 0.15) is 5.04 Å². The molecule has 0 amide bonds. The molecule has 0 N–H and O–H groups in total. The highest BCUT2D eigenvalue weighted by atomic mass is 28.4. The maximum atomic E-state index is 13.9. The molecular weight excluding hydrogens is 396 g/mol. The molecule has 0 spiro atoms. The normalized spacial score (nSPS) is 21.0. The van der Waals surface area contributed by atoms with E-state index in [-0.39, 0.29) is 5.97 Å². The van der Waals surface area contributed by atoms with Crippen molar-refractivity contribution in [2.45, 2.75) is 127 Å². The van der Waals surface area contributed by atoms with Gasteiger partial charge in [-0.2, -0.15) is 0 Å². The molecule has 6 heteroatoms. The van der Waals surface area contributed by atoms with E-state index in [2.05, 4.69) is 13.8 Å². The Morgan fingerprint density at radius 1 is 0.931 bits per heavy atom. The van der Waals surface area contributed by atoms with Crippen LogP contribution in [0.25, 0.3) is 0 Å². The summed E-state index contributed by atoms with van der Waals surface area (Å²) in [5.74, 6) is -0.00245. The van der Waals surface area contributed by atoms with E-state index in [0.717, 1.165) is 6.04 Å². The number of hydrogen-bond donors (Lipinski definition) is 0. The molecule has 0 heterocycles. The van der Waals surface area contributed by atoms with Crippen molar-refractivity contribution in [3.8, 4) is 0 Å². The Labute approximate surface area is 182 Å². The number of carbonyl (C=O) groups excluding carboxylic acids is 1. The molecule has 0 aromatic carbocycles. The summed E-state index contributed by atoms with van der Waals surface area (Å²) in [6.07, 6.45) is 13.5. The van der Waals surface area contributed by atoms with Gasteiger partial charge in [-0.1, -0.05) is 52.4 Å². The summed E-state index contributed by atoms with van der Waals surface area (Å²) < 4.78 is 18.9. The molecule has 0 aliphatic heterocycles. The molecule has 29 heavy (non-hydrogen) atoms. The quantitative estimate of drug-likeness (QED) is 0.292. The minimum absolute atomic E-state index is 0.00245. The SMILES string of the molecule is CCCC[Si](OC(=O)C(C)(CC)[Si](OCC)OCC)(C1CCCC1)C1CCCC1. The third-order valence-corrected chi connectivity index (χ3v) is 15.6. The number of carbonyl (C=O) groups is 1. The van der Waals surface area contributed by atoms with Crippen LogP contribution in [0.4, 0.5) is 0 Å². The monoisotopic (exact) mass is 441 g/mol. The van der Waals surface area contributed by atoms with Crippen molar-refractivity contribution in [3.05, 3.63) is 0 Å². The van der Waals surface area contributed by atoms with E-state index in [1.807, 2.05) is 20.8 Å². The first kappa shape index (κ1) is 25.1. The van der Waals surface area contributed by atoms with E-state index in [9.17, 15) is 4.79 Å². The van der Waals surface area contributed by atoms with Gasteiger partial charge in [-0.15, -0.1) is 0 Å². The molecule has 0 saturated heterocycles. The van der Waals surface area contributed by atoms with Crippen LogP contribution >= 0.6 is 0 Å². The van der Waals surface area contributed by atoms with E-state index < -0.39 is 22.6 Å². The van der Waals surface area contributed by atoms with Crippen molar-refractivity contribution in [1.29, 1.82) is 0 Å². The van der Waals surface area contributed by atoms with Gasteiger partial charge in [-0.25, -0.2) is 0 Å². The second kappa shape index (κ2) is 12.0. The molecule has 0 bridgehead atoms. The van der Waals surface area contributed by atoms with Gasteiger partial charge < -0.3 is 13.3 Å². The van der Waals surface area contributed by atoms with Crippen molar-refractivity contribution < 1.29 is 18.1 Å². The Bertz CT molecular complexity index is 467. The van der Waals surface area contributed by atoms with Gasteiger partial charge in [0.25, 0.3) is 14.3 Å². The van der Waals surface area contributed by atoms with Crippen LogP contribution in [0.3, 0.4) is 0 Å². The minimum atomic E-state index is -2.18. The first-order valence-corrected chi connectivity index (χ1v) is 15.9. The Balaban J connectivity index is 2.34. The zero-order valence-corrected chi connectivity index (χ0v) is 21.7. The summed E-state index contributed by atoms with van der Waals surface area (Å²) in [4.78, 5) is 13.9. The summed E-state index contributed by atoms with van der Waals surface area (Å²) in [5.41, 5.74) is 1.33. The maximum Gasteiger partial charge on any atom is 0.402 e. The molecule has 2 rings (SSSR count). The second-order valence-corrected chi connectivity index (χ2v) is 15.8. The van der Waals surface area contributed by atoms with Crippen molar-refractivity contribution in [3.63, 3.8) is 0 Å². The summed E-state index contributed by atoms with van der Waals surface area (Å²) in [6, 6.07) is 1.16. The maximum absolute atomic E-state index is 13.9. The number of hydrogen-bond acceptors (Lipinski definition) is 4. The van der Waals surface area contributed by atoms with Gasteiger partial charge in [0.15, 0.2) is 0 Å². The molecule has 2 saturated carbocycles. The van der Waals surface area contributed by atoms with Crippen LogP contribution < -0.4 is 0 Å². The minimum Gasteiger partial charge on any atom is -0.518 e. The largest absolute Gasteiger partial charge is 0.518 e. The van der Waals surface area contributed by atoms with Crippen LogP contribution in [0.15, 0.2) is 0 Å². The third kappa shape index (κ3) is 5.75. The fourth-order valence-corrected chi connectivity index (χ4v) is 13.5. The Morgan fingerprint density at radius 3 is 1.79 bits per heavy atom. The smallest absolute Gasteiger partial charge is 0.402 e. The van der Waals surface area contributed by atoms with Crippen LogP contribution in [0.2, 0.25) is 22.2 Å². The van der Waals surface area contributed by atoms with Gasteiger partial charge in [0.2, 0.25) is 0 Å². The summed E-state index contributed by atoms with van der Waals surface area (Å²) >= 11 is 0. The lowest BCUT2D eigenvalue weighted by Crippen LogP contribution is -2.52. The van der Waals surface area contributed by atoms with E-state index in [1.165, 1.54) is 64.2 Å². The average molecular weight is 442 g/mol. The van der Waals surface area contributed by atoms with Gasteiger partial charge in [0, 0.05) is 13.2 Å². The zero-order valence-electron chi connectivity index (χ0n) is 19.7. The third-order valence-electron chi connectivity index (χ3n) is 7.46. The summed E-state index contributed by atoms with van der Waals surface area (Å²) in [5, 5.41) is -0.641. The molecule has 1 unspecified atom stereocenters. The standard InChI is InChI=1S/C23H45O4Si2/c1-6-10-19-29(20-15-11-12-16-20,21-17-13-14-18-21)27-22(24)23(5,7-2)28(25-8-3)26-9-4/h20-21H,6-19H2,1-5H3. The van der Waals surface area contributed by atoms with E-state index >= 15 is 0 Å². The van der Waals surface area contributed by atoms with Crippen molar-refractivity contribution in [1.82, 2.24) is 0 Å². The Hall–Kier alpha value is -0.176. The molecular formula is C23H45O4Si2. The first-order chi connectivity index (χ1) is 14.0. The molecule has 2 fully saturated rings. The summed E-state index contributed by atoms with van der Waals surface area (Å²) in [6.45, 7) is 11.5. The van der Waals surface area contributed by atoms with E-state index in [1.54, 1.807) is 0 Å². The molecule has 2 aliphatic carbocycles. The zero-order chi connectivity index (χ0) is 21.3. The van der Waals surface area contributed by atoms with E-state index in [0.29, 0.717) is 30.7 Å². The average Bonchev–Trinajstić information content (AvgIpc) is 3.45. The molecule has 4 nitrogen and oxygen atoms in total. The van der Waals surface area contributed by atoms with Crippen molar-refractivity contribution in [2.24, 2.45) is 0 Å². The Morgan fingerprint density at radius 2 is 1.41 bits per heavy atom. The molecule has 1 atom stereocenters.